The molecule has 2 rings (SSSR count). The number of H-pyrrole nitrogens is 1. The van der Waals surface area contributed by atoms with E-state index in [4.69, 9.17) is 5.11 Å². The lowest BCUT2D eigenvalue weighted by atomic mass is 10.1. The molecule has 0 bridgehead atoms. The summed E-state index contributed by atoms with van der Waals surface area (Å²) in [5, 5.41) is 9.11. The number of aryl methyl sites for hydroxylation is 2. The van der Waals surface area contributed by atoms with E-state index in [-0.39, 0.29) is 24.0 Å². The highest BCUT2D eigenvalue weighted by Gasteiger charge is 2.28. The van der Waals surface area contributed by atoms with Gasteiger partial charge in [-0.15, -0.1) is 0 Å². The molecule has 98 valence electrons. The van der Waals surface area contributed by atoms with Crippen LogP contribution >= 0.6 is 0 Å². The molecule has 1 amide bonds. The van der Waals surface area contributed by atoms with E-state index in [1.807, 2.05) is 0 Å². The maximum Gasteiger partial charge on any atom is 0.254 e. The van der Waals surface area contributed by atoms with Crippen LogP contribution in [0.3, 0.4) is 0 Å². The van der Waals surface area contributed by atoms with Crippen LogP contribution in [0.5, 0.6) is 0 Å². The SMILES string of the molecule is Cc1nc(C)c(CCC(=O)N2CC(O)C2)c(=O)[nH]1. The van der Waals surface area contributed by atoms with Gasteiger partial charge in [-0.3, -0.25) is 9.59 Å². The topological polar surface area (TPSA) is 86.3 Å². The van der Waals surface area contributed by atoms with Crippen molar-refractivity contribution in [2.45, 2.75) is 32.8 Å². The van der Waals surface area contributed by atoms with E-state index in [9.17, 15) is 9.59 Å². The number of aliphatic hydroxyl groups excluding tert-OH is 1. The van der Waals surface area contributed by atoms with Gasteiger partial charge in [0.2, 0.25) is 5.91 Å². The molecule has 0 atom stereocenters. The Morgan fingerprint density at radius 3 is 2.72 bits per heavy atom. The Labute approximate surface area is 105 Å². The lowest BCUT2D eigenvalue weighted by Gasteiger charge is -2.35. The van der Waals surface area contributed by atoms with Crippen molar-refractivity contribution in [3.8, 4) is 0 Å². The molecule has 18 heavy (non-hydrogen) atoms. The predicted octanol–water partition coefficient (Wildman–Crippen LogP) is -0.478. The fourth-order valence-electron chi connectivity index (χ4n) is 2.09. The maximum atomic E-state index is 11.7. The molecule has 0 unspecified atom stereocenters. The van der Waals surface area contributed by atoms with Crippen molar-refractivity contribution in [1.82, 2.24) is 14.9 Å². The highest BCUT2D eigenvalue weighted by atomic mass is 16.3. The molecule has 1 fully saturated rings. The molecule has 1 aromatic rings. The summed E-state index contributed by atoms with van der Waals surface area (Å²) in [7, 11) is 0. The standard InChI is InChI=1S/C12H17N3O3/c1-7-10(12(18)14-8(2)13-7)3-4-11(17)15-5-9(16)6-15/h9,16H,3-6H2,1-2H3,(H,13,14,18). The molecule has 0 aliphatic carbocycles. The number of amides is 1. The van der Waals surface area contributed by atoms with E-state index in [0.29, 0.717) is 36.6 Å². The monoisotopic (exact) mass is 251 g/mol. The van der Waals surface area contributed by atoms with Crippen molar-refractivity contribution in [2.24, 2.45) is 0 Å². The van der Waals surface area contributed by atoms with E-state index in [2.05, 4.69) is 9.97 Å². The number of carbonyl (C=O) groups is 1. The summed E-state index contributed by atoms with van der Waals surface area (Å²) in [4.78, 5) is 31.8. The lowest BCUT2D eigenvalue weighted by molar-refractivity contribution is -0.141. The average molecular weight is 251 g/mol. The van der Waals surface area contributed by atoms with Gasteiger partial charge < -0.3 is 15.0 Å². The molecule has 2 heterocycles. The van der Waals surface area contributed by atoms with Crippen LogP contribution < -0.4 is 5.56 Å². The van der Waals surface area contributed by atoms with Gasteiger partial charge in [0.05, 0.1) is 6.10 Å². The van der Waals surface area contributed by atoms with Gasteiger partial charge in [0.25, 0.3) is 5.56 Å². The molecule has 6 nitrogen and oxygen atoms in total. The number of rotatable bonds is 3. The Kier molecular flexibility index (Phi) is 3.47. The molecule has 0 spiro atoms. The van der Waals surface area contributed by atoms with Gasteiger partial charge in [-0.2, -0.15) is 0 Å². The lowest BCUT2D eigenvalue weighted by Crippen LogP contribution is -2.53. The molecule has 0 aromatic carbocycles. The van der Waals surface area contributed by atoms with E-state index >= 15 is 0 Å². The summed E-state index contributed by atoms with van der Waals surface area (Å²) in [6.45, 7) is 4.31. The number of hydrogen-bond acceptors (Lipinski definition) is 4. The molecule has 0 radical (unpaired) electrons. The molecule has 2 N–H and O–H groups in total. The highest BCUT2D eigenvalue weighted by molar-refractivity contribution is 5.77. The minimum Gasteiger partial charge on any atom is -0.389 e. The molecule has 1 aromatic heterocycles. The third kappa shape index (κ3) is 2.59. The van der Waals surface area contributed by atoms with Crippen molar-refractivity contribution in [2.75, 3.05) is 13.1 Å². The molecular formula is C12H17N3O3. The fraction of sp³-hybridized carbons (Fsp3) is 0.583. The number of aromatic nitrogens is 2. The summed E-state index contributed by atoms with van der Waals surface area (Å²) in [5.74, 6) is 0.554. The first-order chi connectivity index (χ1) is 8.47. The van der Waals surface area contributed by atoms with Gasteiger partial charge in [-0.25, -0.2) is 4.98 Å². The number of aliphatic hydroxyl groups is 1. The van der Waals surface area contributed by atoms with E-state index in [0.717, 1.165) is 0 Å². The van der Waals surface area contributed by atoms with Crippen molar-refractivity contribution >= 4 is 5.91 Å². The summed E-state index contributed by atoms with van der Waals surface area (Å²) < 4.78 is 0. The normalized spacial score (nSPS) is 15.6. The van der Waals surface area contributed by atoms with Crippen LogP contribution in [0.15, 0.2) is 4.79 Å². The molecule has 1 aliphatic heterocycles. The Morgan fingerprint density at radius 2 is 2.17 bits per heavy atom. The Balaban J connectivity index is 1.98. The molecule has 0 saturated carbocycles. The number of hydrogen-bond donors (Lipinski definition) is 2. The van der Waals surface area contributed by atoms with Gasteiger partial charge in [-0.05, 0) is 20.3 Å². The van der Waals surface area contributed by atoms with Crippen LogP contribution in [0.2, 0.25) is 0 Å². The third-order valence-corrected chi connectivity index (χ3v) is 3.14. The van der Waals surface area contributed by atoms with Gasteiger partial charge >= 0.3 is 0 Å². The largest absolute Gasteiger partial charge is 0.389 e. The van der Waals surface area contributed by atoms with Gasteiger partial charge in [0.15, 0.2) is 0 Å². The zero-order valence-electron chi connectivity index (χ0n) is 10.6. The first-order valence-corrected chi connectivity index (χ1v) is 5.99. The fourth-order valence-corrected chi connectivity index (χ4v) is 2.09. The van der Waals surface area contributed by atoms with Crippen molar-refractivity contribution in [3.05, 3.63) is 27.4 Å². The van der Waals surface area contributed by atoms with Crippen LogP contribution in [0.1, 0.15) is 23.5 Å². The van der Waals surface area contributed by atoms with Crippen LogP contribution in [0.4, 0.5) is 0 Å². The zero-order valence-corrected chi connectivity index (χ0v) is 10.6. The number of likely N-dealkylation sites (tertiary alicyclic amines) is 1. The summed E-state index contributed by atoms with van der Waals surface area (Å²) in [5.41, 5.74) is 1.07. The predicted molar refractivity (Wildman–Crippen MR) is 65.2 cm³/mol. The van der Waals surface area contributed by atoms with Gasteiger partial charge in [-0.1, -0.05) is 0 Å². The van der Waals surface area contributed by atoms with Crippen LogP contribution in [-0.4, -0.2) is 45.1 Å². The Morgan fingerprint density at radius 1 is 1.50 bits per heavy atom. The minimum absolute atomic E-state index is 0.0281. The smallest absolute Gasteiger partial charge is 0.254 e. The molecule has 1 saturated heterocycles. The summed E-state index contributed by atoms with van der Waals surface area (Å²) in [6.07, 6.45) is 0.279. The average Bonchev–Trinajstić information content (AvgIpc) is 2.23. The number of aromatic amines is 1. The highest BCUT2D eigenvalue weighted by Crippen LogP contribution is 2.11. The third-order valence-electron chi connectivity index (χ3n) is 3.14. The van der Waals surface area contributed by atoms with E-state index in [1.54, 1.807) is 18.7 Å². The van der Waals surface area contributed by atoms with Gasteiger partial charge in [0, 0.05) is 30.8 Å². The quantitative estimate of drug-likeness (QED) is 0.760. The van der Waals surface area contributed by atoms with Crippen molar-refractivity contribution < 1.29 is 9.90 Å². The minimum atomic E-state index is -0.389. The van der Waals surface area contributed by atoms with E-state index < -0.39 is 0 Å². The van der Waals surface area contributed by atoms with Crippen molar-refractivity contribution in [1.29, 1.82) is 0 Å². The second kappa shape index (κ2) is 4.89. The van der Waals surface area contributed by atoms with Gasteiger partial charge in [0.1, 0.15) is 5.82 Å². The maximum absolute atomic E-state index is 11.7. The summed E-state index contributed by atoms with van der Waals surface area (Å²) >= 11 is 0. The van der Waals surface area contributed by atoms with Crippen LogP contribution in [0, 0.1) is 13.8 Å². The second-order valence-electron chi connectivity index (χ2n) is 4.67. The van der Waals surface area contributed by atoms with Crippen LogP contribution in [0.25, 0.3) is 0 Å². The second-order valence-corrected chi connectivity index (χ2v) is 4.67. The first-order valence-electron chi connectivity index (χ1n) is 5.99. The number of nitrogens with one attached hydrogen (secondary N) is 1. The summed E-state index contributed by atoms with van der Waals surface area (Å²) in [6, 6.07) is 0. The molecule has 1 aliphatic rings. The number of β-amino-alcohol motifs (C(OH)–C–C–N with tert-alkyl or cyclic N) is 1. The van der Waals surface area contributed by atoms with E-state index in [1.165, 1.54) is 0 Å². The van der Waals surface area contributed by atoms with Crippen molar-refractivity contribution in [3.63, 3.8) is 0 Å². The Hall–Kier alpha value is -1.69. The number of carbonyl (C=O) groups excluding carboxylic acids is 1. The first kappa shape index (κ1) is 12.8. The zero-order chi connectivity index (χ0) is 13.3. The number of nitrogens with zero attached hydrogens (tertiary/aromatic N) is 2. The Bertz CT molecular complexity index is 518. The van der Waals surface area contributed by atoms with Crippen LogP contribution in [-0.2, 0) is 11.2 Å². The molecular weight excluding hydrogens is 234 g/mol. The molecule has 6 heteroatoms.